The van der Waals surface area contributed by atoms with E-state index in [-0.39, 0.29) is 22.1 Å². The molecule has 1 saturated heterocycles. The van der Waals surface area contributed by atoms with Crippen molar-refractivity contribution in [3.05, 3.63) is 89.0 Å². The SMILES string of the molecule is N#Cc1ncc(N2C(=O)C3(CCC3)N(c3ccc(C(=O)NCCCc4ccccc4)c(F)c3)C2=S)cc1C(F)(F)F. The molecule has 2 aromatic carbocycles. The van der Waals surface area contributed by atoms with Crippen molar-refractivity contribution in [1.29, 1.82) is 5.26 Å². The summed E-state index contributed by atoms with van der Waals surface area (Å²) in [7, 11) is 0. The second-order valence-electron chi connectivity index (χ2n) is 9.85. The molecular formula is C29H23F4N5O2S. The number of nitriles is 1. The van der Waals surface area contributed by atoms with Crippen molar-refractivity contribution in [1.82, 2.24) is 10.3 Å². The summed E-state index contributed by atoms with van der Waals surface area (Å²) in [6.45, 7) is 0.343. The normalized spacial score (nSPS) is 16.1. The second-order valence-corrected chi connectivity index (χ2v) is 10.2. The number of nitrogens with one attached hydrogen (secondary N) is 1. The van der Waals surface area contributed by atoms with Gasteiger partial charge in [0.15, 0.2) is 10.8 Å². The average Bonchev–Trinajstić information content (AvgIpc) is 3.17. The Morgan fingerprint density at radius 2 is 1.85 bits per heavy atom. The predicted octanol–water partition coefficient (Wildman–Crippen LogP) is 5.53. The van der Waals surface area contributed by atoms with Crippen LogP contribution in [0, 0.1) is 17.1 Å². The van der Waals surface area contributed by atoms with Gasteiger partial charge in [0.25, 0.3) is 11.8 Å². The van der Waals surface area contributed by atoms with Gasteiger partial charge in [-0.3, -0.25) is 14.5 Å². The maximum Gasteiger partial charge on any atom is 0.419 e. The number of nitrogens with zero attached hydrogens (tertiary/aromatic N) is 4. The highest BCUT2D eigenvalue weighted by Gasteiger charge is 2.60. The van der Waals surface area contributed by atoms with Crippen LogP contribution in [0.4, 0.5) is 28.9 Å². The highest BCUT2D eigenvalue weighted by atomic mass is 32.1. The Balaban J connectivity index is 1.37. The number of hydrogen-bond acceptors (Lipinski definition) is 5. The summed E-state index contributed by atoms with van der Waals surface area (Å²) in [5, 5.41) is 11.6. The number of aryl methyl sites for hydroxylation is 1. The van der Waals surface area contributed by atoms with Crippen LogP contribution in [0.25, 0.3) is 0 Å². The van der Waals surface area contributed by atoms with Crippen LogP contribution in [-0.2, 0) is 17.4 Å². The van der Waals surface area contributed by atoms with Crippen LogP contribution < -0.4 is 15.1 Å². The van der Waals surface area contributed by atoms with Crippen molar-refractivity contribution >= 4 is 40.5 Å². The van der Waals surface area contributed by atoms with Crippen LogP contribution in [0.5, 0.6) is 0 Å². The molecule has 5 rings (SSSR count). The molecule has 0 radical (unpaired) electrons. The monoisotopic (exact) mass is 581 g/mol. The van der Waals surface area contributed by atoms with E-state index in [9.17, 15) is 22.8 Å². The number of amides is 2. The number of halogens is 4. The molecule has 1 spiro atoms. The highest BCUT2D eigenvalue weighted by Crippen LogP contribution is 2.48. The van der Waals surface area contributed by atoms with Crippen LogP contribution in [-0.4, -0.2) is 34.0 Å². The molecule has 0 bridgehead atoms. The van der Waals surface area contributed by atoms with Gasteiger partial charge in [-0.05, 0) is 74.2 Å². The Labute approximate surface area is 238 Å². The summed E-state index contributed by atoms with van der Waals surface area (Å²) >= 11 is 5.54. The Hall–Kier alpha value is -4.37. The van der Waals surface area contributed by atoms with E-state index in [4.69, 9.17) is 17.5 Å². The highest BCUT2D eigenvalue weighted by molar-refractivity contribution is 7.81. The predicted molar refractivity (Wildman–Crippen MR) is 147 cm³/mol. The van der Waals surface area contributed by atoms with Crippen molar-refractivity contribution in [2.24, 2.45) is 0 Å². The fourth-order valence-electron chi connectivity index (χ4n) is 5.15. The lowest BCUT2D eigenvalue weighted by atomic mass is 9.75. The minimum atomic E-state index is -4.88. The molecule has 2 aliphatic rings. The van der Waals surface area contributed by atoms with Gasteiger partial charge >= 0.3 is 6.18 Å². The van der Waals surface area contributed by atoms with Gasteiger partial charge < -0.3 is 10.2 Å². The Morgan fingerprint density at radius 3 is 2.46 bits per heavy atom. The van der Waals surface area contributed by atoms with Gasteiger partial charge in [-0.15, -0.1) is 0 Å². The first kappa shape index (κ1) is 28.2. The van der Waals surface area contributed by atoms with Gasteiger partial charge in [0.05, 0.1) is 23.0 Å². The van der Waals surface area contributed by atoms with E-state index in [1.54, 1.807) is 0 Å². The number of alkyl halides is 3. The van der Waals surface area contributed by atoms with E-state index in [0.717, 1.165) is 29.1 Å². The maximum atomic E-state index is 15.2. The number of thiocarbonyl (C=S) groups is 1. The average molecular weight is 582 g/mol. The van der Waals surface area contributed by atoms with Crippen LogP contribution in [0.3, 0.4) is 0 Å². The van der Waals surface area contributed by atoms with Gasteiger partial charge in [0, 0.05) is 12.2 Å². The van der Waals surface area contributed by atoms with Gasteiger partial charge in [0.2, 0.25) is 0 Å². The lowest BCUT2D eigenvalue weighted by molar-refractivity contribution is -0.138. The summed E-state index contributed by atoms with van der Waals surface area (Å²) in [5.41, 5.74) is -2.43. The van der Waals surface area contributed by atoms with E-state index in [0.29, 0.717) is 38.3 Å². The molecule has 1 N–H and O–H groups in total. The number of pyridine rings is 1. The maximum absolute atomic E-state index is 15.2. The van der Waals surface area contributed by atoms with Crippen molar-refractivity contribution in [3.63, 3.8) is 0 Å². The molecule has 12 heteroatoms. The van der Waals surface area contributed by atoms with Gasteiger partial charge in [0.1, 0.15) is 17.4 Å². The van der Waals surface area contributed by atoms with Crippen molar-refractivity contribution in [2.75, 3.05) is 16.3 Å². The molecule has 0 unspecified atom stereocenters. The van der Waals surface area contributed by atoms with Gasteiger partial charge in [-0.1, -0.05) is 30.3 Å². The molecule has 1 saturated carbocycles. The molecule has 2 fully saturated rings. The third kappa shape index (κ3) is 5.13. The summed E-state index contributed by atoms with van der Waals surface area (Å²) in [6.07, 6.45) is -1.12. The zero-order valence-electron chi connectivity index (χ0n) is 21.5. The van der Waals surface area contributed by atoms with Gasteiger partial charge in [-0.25, -0.2) is 9.37 Å². The lowest BCUT2D eigenvalue weighted by Gasteiger charge is -2.43. The number of rotatable bonds is 7. The Morgan fingerprint density at radius 1 is 1.12 bits per heavy atom. The number of carbonyl (C=O) groups excluding carboxylic acids is 2. The van der Waals surface area contributed by atoms with E-state index >= 15 is 4.39 Å². The molecule has 41 heavy (non-hydrogen) atoms. The van der Waals surface area contributed by atoms with E-state index < -0.39 is 40.6 Å². The fourth-order valence-corrected chi connectivity index (χ4v) is 5.62. The van der Waals surface area contributed by atoms with Crippen LogP contribution >= 0.6 is 12.2 Å². The summed E-state index contributed by atoms with van der Waals surface area (Å²) in [4.78, 5) is 32.2. The standard InChI is InChI=1S/C29H23F4N5O2S/c30-23-15-19(9-10-21(23)25(39)35-13-4-8-18-6-2-1-3-7-18)38-27(41)37(26(40)28(38)11-5-12-28)20-14-22(29(31,32)33)24(16-34)36-17-20/h1-3,6-7,9-10,14-15,17H,4-5,8,11-13H2,(H,35,39). The van der Waals surface area contributed by atoms with Gasteiger partial charge in [-0.2, -0.15) is 18.4 Å². The molecule has 2 amide bonds. The summed E-state index contributed by atoms with van der Waals surface area (Å²) in [5.74, 6) is -1.98. The Kier molecular flexibility index (Phi) is 7.48. The third-order valence-corrected chi connectivity index (χ3v) is 7.73. The summed E-state index contributed by atoms with van der Waals surface area (Å²) < 4.78 is 56.0. The first-order valence-corrected chi connectivity index (χ1v) is 13.3. The molecule has 2 heterocycles. The zero-order valence-corrected chi connectivity index (χ0v) is 22.4. The molecular weight excluding hydrogens is 558 g/mol. The largest absolute Gasteiger partial charge is 0.419 e. The topological polar surface area (TPSA) is 89.3 Å². The van der Waals surface area contributed by atoms with Crippen molar-refractivity contribution in [3.8, 4) is 6.07 Å². The van der Waals surface area contributed by atoms with Crippen molar-refractivity contribution in [2.45, 2.75) is 43.8 Å². The minimum Gasteiger partial charge on any atom is -0.352 e. The zero-order chi connectivity index (χ0) is 29.4. The molecule has 3 aromatic rings. The fraction of sp³-hybridized carbons (Fsp3) is 0.276. The lowest BCUT2D eigenvalue weighted by Crippen LogP contribution is -2.55. The minimum absolute atomic E-state index is 0.146. The quantitative estimate of drug-likeness (QED) is 0.224. The second kappa shape index (κ2) is 10.9. The van der Waals surface area contributed by atoms with Crippen molar-refractivity contribution < 1.29 is 27.2 Å². The van der Waals surface area contributed by atoms with Crippen LogP contribution in [0.1, 0.15) is 52.9 Å². The smallest absolute Gasteiger partial charge is 0.352 e. The molecule has 7 nitrogen and oxygen atoms in total. The Bertz CT molecular complexity index is 1570. The van der Waals surface area contributed by atoms with Crippen LogP contribution in [0.15, 0.2) is 60.8 Å². The molecule has 1 aliphatic heterocycles. The number of aromatic nitrogens is 1. The van der Waals surface area contributed by atoms with Crippen LogP contribution in [0.2, 0.25) is 0 Å². The van der Waals surface area contributed by atoms with E-state index in [2.05, 4.69) is 10.3 Å². The first-order valence-electron chi connectivity index (χ1n) is 12.8. The molecule has 1 aliphatic carbocycles. The number of carbonyl (C=O) groups is 2. The number of anilines is 2. The molecule has 210 valence electrons. The summed E-state index contributed by atoms with van der Waals surface area (Å²) in [6, 6.07) is 15.7. The third-order valence-electron chi connectivity index (χ3n) is 7.36. The molecule has 0 atom stereocenters. The number of hydrogen-bond donors (Lipinski definition) is 1. The van der Waals surface area contributed by atoms with E-state index in [1.807, 2.05) is 30.3 Å². The van der Waals surface area contributed by atoms with E-state index in [1.165, 1.54) is 23.1 Å². The number of benzene rings is 2. The first-order chi connectivity index (χ1) is 19.6. The molecule has 1 aromatic heterocycles.